The smallest absolute Gasteiger partial charge is 0.326 e. The lowest BCUT2D eigenvalue weighted by Crippen LogP contribution is -2.42. The molecule has 2 aliphatic heterocycles. The van der Waals surface area contributed by atoms with Crippen LogP contribution in [0.5, 0.6) is 0 Å². The van der Waals surface area contributed by atoms with Crippen molar-refractivity contribution in [1.82, 2.24) is 20.0 Å². The number of nitrogens with one attached hydrogen (secondary N) is 1. The molecule has 2 N–H and O–H groups in total. The van der Waals surface area contributed by atoms with Crippen LogP contribution in [-0.4, -0.2) is 62.7 Å². The van der Waals surface area contributed by atoms with Crippen molar-refractivity contribution in [3.8, 4) is 0 Å². The summed E-state index contributed by atoms with van der Waals surface area (Å²) in [5.41, 5.74) is 2.17. The van der Waals surface area contributed by atoms with Gasteiger partial charge in [0.1, 0.15) is 6.04 Å². The van der Waals surface area contributed by atoms with Gasteiger partial charge in [0.2, 0.25) is 5.91 Å². The van der Waals surface area contributed by atoms with Crippen LogP contribution in [0.2, 0.25) is 0 Å². The Morgan fingerprint density at radius 3 is 2.46 bits per heavy atom. The van der Waals surface area contributed by atoms with Gasteiger partial charge in [-0.15, -0.1) is 0 Å². The summed E-state index contributed by atoms with van der Waals surface area (Å²) in [6, 6.07) is 1.47. The predicted octanol–water partition coefficient (Wildman–Crippen LogP) is 1.99. The molecule has 0 aromatic carbocycles. The standard InChI is InChI=1S/C19H30N4O3/c1-13(24)23-12-19(10-15(23)17(25)26)5-7-22(8-6-19)11-14-9-16(21-20-14)18(2,3)4/h9,15H,5-8,10-12H2,1-4H3,(H,20,21)(H,25,26)/t15-/m0/s1. The molecule has 3 heterocycles. The molecule has 2 saturated heterocycles. The Labute approximate surface area is 154 Å². The topological polar surface area (TPSA) is 89.5 Å². The highest BCUT2D eigenvalue weighted by molar-refractivity contribution is 5.83. The number of carboxylic acid groups (broad SMARTS) is 1. The zero-order valence-corrected chi connectivity index (χ0v) is 16.2. The van der Waals surface area contributed by atoms with Crippen molar-refractivity contribution < 1.29 is 14.7 Å². The minimum atomic E-state index is -0.883. The fraction of sp³-hybridized carbons (Fsp3) is 0.737. The molecule has 1 aromatic rings. The number of rotatable bonds is 3. The molecule has 7 heteroatoms. The maximum atomic E-state index is 11.8. The van der Waals surface area contributed by atoms with Crippen molar-refractivity contribution in [2.45, 2.75) is 65.0 Å². The molecule has 2 fully saturated rings. The average Bonchev–Trinajstić information content (AvgIpc) is 3.15. The molecule has 1 atom stereocenters. The number of H-pyrrole nitrogens is 1. The summed E-state index contributed by atoms with van der Waals surface area (Å²) in [5.74, 6) is -1.02. The number of hydrogen-bond donors (Lipinski definition) is 2. The molecular weight excluding hydrogens is 332 g/mol. The second kappa shape index (κ2) is 6.68. The fourth-order valence-electron chi connectivity index (χ4n) is 4.22. The van der Waals surface area contributed by atoms with Crippen LogP contribution in [0.25, 0.3) is 0 Å². The van der Waals surface area contributed by atoms with Gasteiger partial charge in [-0.2, -0.15) is 5.10 Å². The third kappa shape index (κ3) is 3.77. The summed E-state index contributed by atoms with van der Waals surface area (Å²) < 4.78 is 0. The number of carboxylic acids is 1. The summed E-state index contributed by atoms with van der Waals surface area (Å²) >= 11 is 0. The van der Waals surface area contributed by atoms with Gasteiger partial charge < -0.3 is 10.0 Å². The Bertz CT molecular complexity index is 659. The maximum absolute atomic E-state index is 11.8. The molecule has 1 aromatic heterocycles. The molecule has 0 aliphatic carbocycles. The lowest BCUT2D eigenvalue weighted by atomic mass is 9.76. The molecule has 1 amide bonds. The summed E-state index contributed by atoms with van der Waals surface area (Å²) in [5, 5.41) is 17.0. The van der Waals surface area contributed by atoms with Crippen LogP contribution in [-0.2, 0) is 21.5 Å². The summed E-state index contributed by atoms with van der Waals surface area (Å²) in [6.45, 7) is 11.2. The molecule has 0 unspecified atom stereocenters. The van der Waals surface area contributed by atoms with E-state index in [1.807, 2.05) is 0 Å². The highest BCUT2D eigenvalue weighted by Crippen LogP contribution is 2.43. The van der Waals surface area contributed by atoms with Gasteiger partial charge in [0.05, 0.1) is 5.69 Å². The van der Waals surface area contributed by atoms with E-state index < -0.39 is 12.0 Å². The first-order valence-electron chi connectivity index (χ1n) is 9.37. The van der Waals surface area contributed by atoms with Gasteiger partial charge in [-0.05, 0) is 43.8 Å². The van der Waals surface area contributed by atoms with Gasteiger partial charge in [-0.3, -0.25) is 14.8 Å². The van der Waals surface area contributed by atoms with Gasteiger partial charge in [-0.1, -0.05) is 20.8 Å². The Kier molecular flexibility index (Phi) is 4.86. The second-order valence-corrected chi connectivity index (χ2v) is 9.01. The van der Waals surface area contributed by atoms with E-state index in [1.165, 1.54) is 6.92 Å². The third-order valence-electron chi connectivity index (χ3n) is 5.91. The van der Waals surface area contributed by atoms with E-state index in [4.69, 9.17) is 0 Å². The predicted molar refractivity (Wildman–Crippen MR) is 97.7 cm³/mol. The zero-order chi connectivity index (χ0) is 19.1. The first-order valence-corrected chi connectivity index (χ1v) is 9.37. The van der Waals surface area contributed by atoms with E-state index in [1.54, 1.807) is 4.90 Å². The Morgan fingerprint density at radius 1 is 1.35 bits per heavy atom. The van der Waals surface area contributed by atoms with Crippen LogP contribution in [0.4, 0.5) is 0 Å². The minimum absolute atomic E-state index is 0.0343. The number of aromatic nitrogens is 2. The van der Waals surface area contributed by atoms with Crippen molar-refractivity contribution in [3.63, 3.8) is 0 Å². The SMILES string of the molecule is CC(=O)N1CC2(CCN(Cc3cc(C(C)(C)C)n[nH]3)CC2)C[C@H]1C(=O)O. The minimum Gasteiger partial charge on any atom is -0.480 e. The Balaban J connectivity index is 1.60. The normalized spacial score (nSPS) is 23.5. The summed E-state index contributed by atoms with van der Waals surface area (Å²) in [6.07, 6.45) is 2.44. The summed E-state index contributed by atoms with van der Waals surface area (Å²) in [7, 11) is 0. The van der Waals surface area contributed by atoms with Gasteiger partial charge in [-0.25, -0.2) is 4.79 Å². The van der Waals surface area contributed by atoms with Crippen LogP contribution in [0.15, 0.2) is 6.07 Å². The number of nitrogens with zero attached hydrogens (tertiary/aromatic N) is 3. The maximum Gasteiger partial charge on any atom is 0.326 e. The first-order chi connectivity index (χ1) is 12.1. The number of carbonyl (C=O) groups excluding carboxylic acids is 1. The lowest BCUT2D eigenvalue weighted by Gasteiger charge is -2.39. The van der Waals surface area contributed by atoms with Crippen LogP contribution < -0.4 is 0 Å². The number of aliphatic carboxylic acids is 1. The molecule has 0 bridgehead atoms. The molecule has 0 radical (unpaired) electrons. The van der Waals surface area contributed by atoms with Crippen molar-refractivity contribution in [3.05, 3.63) is 17.5 Å². The molecule has 3 rings (SSSR count). The van der Waals surface area contributed by atoms with Crippen molar-refractivity contribution in [2.75, 3.05) is 19.6 Å². The molecule has 1 spiro atoms. The molecule has 2 aliphatic rings. The monoisotopic (exact) mass is 362 g/mol. The van der Waals surface area contributed by atoms with Crippen LogP contribution in [0, 0.1) is 5.41 Å². The van der Waals surface area contributed by atoms with Gasteiger partial charge >= 0.3 is 5.97 Å². The van der Waals surface area contributed by atoms with E-state index in [9.17, 15) is 14.7 Å². The molecular formula is C19H30N4O3. The molecule has 26 heavy (non-hydrogen) atoms. The number of aromatic amines is 1. The van der Waals surface area contributed by atoms with Gasteiger partial charge in [0, 0.05) is 31.1 Å². The van der Waals surface area contributed by atoms with E-state index in [0.29, 0.717) is 13.0 Å². The zero-order valence-electron chi connectivity index (χ0n) is 16.2. The van der Waals surface area contributed by atoms with Crippen molar-refractivity contribution >= 4 is 11.9 Å². The van der Waals surface area contributed by atoms with Crippen molar-refractivity contribution in [2.24, 2.45) is 5.41 Å². The Morgan fingerprint density at radius 2 is 2.00 bits per heavy atom. The second-order valence-electron chi connectivity index (χ2n) is 9.01. The largest absolute Gasteiger partial charge is 0.480 e. The highest BCUT2D eigenvalue weighted by atomic mass is 16.4. The number of likely N-dealkylation sites (tertiary alicyclic amines) is 2. The van der Waals surface area contributed by atoms with E-state index in [-0.39, 0.29) is 16.7 Å². The average molecular weight is 362 g/mol. The summed E-state index contributed by atoms with van der Waals surface area (Å²) in [4.78, 5) is 27.3. The van der Waals surface area contributed by atoms with Crippen molar-refractivity contribution in [1.29, 1.82) is 0 Å². The number of amides is 1. The molecule has 0 saturated carbocycles. The Hall–Kier alpha value is -1.89. The molecule has 7 nitrogen and oxygen atoms in total. The van der Waals surface area contributed by atoms with E-state index in [2.05, 4.69) is 41.9 Å². The lowest BCUT2D eigenvalue weighted by molar-refractivity contribution is -0.147. The van der Waals surface area contributed by atoms with E-state index >= 15 is 0 Å². The molecule has 144 valence electrons. The van der Waals surface area contributed by atoms with Crippen LogP contribution >= 0.6 is 0 Å². The van der Waals surface area contributed by atoms with Gasteiger partial charge in [0.15, 0.2) is 0 Å². The quantitative estimate of drug-likeness (QED) is 0.858. The van der Waals surface area contributed by atoms with Crippen LogP contribution in [0.1, 0.15) is 58.3 Å². The number of hydrogen-bond acceptors (Lipinski definition) is 4. The van der Waals surface area contributed by atoms with E-state index in [0.717, 1.165) is 43.9 Å². The number of piperidine rings is 1. The highest BCUT2D eigenvalue weighted by Gasteiger charge is 2.49. The first kappa shape index (κ1) is 18.9. The third-order valence-corrected chi connectivity index (χ3v) is 5.91. The fourth-order valence-corrected chi connectivity index (χ4v) is 4.22. The van der Waals surface area contributed by atoms with Crippen LogP contribution in [0.3, 0.4) is 0 Å². The van der Waals surface area contributed by atoms with Gasteiger partial charge in [0.25, 0.3) is 0 Å². The number of carbonyl (C=O) groups is 2.